The molecule has 3 nitrogen and oxygen atoms in total. The molecule has 0 amide bonds. The molecule has 1 aromatic carbocycles. The second kappa shape index (κ2) is 6.53. The molecular formula is C15H20FN3. The Balaban J connectivity index is 1.85. The molecule has 1 aliphatic rings. The summed E-state index contributed by atoms with van der Waals surface area (Å²) in [6.45, 7) is 6.38. The van der Waals surface area contributed by atoms with Gasteiger partial charge in [0, 0.05) is 6.54 Å². The first-order valence-corrected chi connectivity index (χ1v) is 6.88. The van der Waals surface area contributed by atoms with Crippen LogP contribution in [0.5, 0.6) is 0 Å². The summed E-state index contributed by atoms with van der Waals surface area (Å²) in [4.78, 5) is 2.44. The van der Waals surface area contributed by atoms with Crippen molar-refractivity contribution in [3.8, 4) is 6.07 Å². The Morgan fingerprint density at radius 1 is 1.42 bits per heavy atom. The van der Waals surface area contributed by atoms with Gasteiger partial charge in [0.05, 0.1) is 17.3 Å². The lowest BCUT2D eigenvalue weighted by molar-refractivity contribution is 0.198. The van der Waals surface area contributed by atoms with E-state index < -0.39 is 0 Å². The van der Waals surface area contributed by atoms with Gasteiger partial charge in [0.25, 0.3) is 0 Å². The number of nitriles is 1. The van der Waals surface area contributed by atoms with Crippen molar-refractivity contribution in [2.24, 2.45) is 5.92 Å². The van der Waals surface area contributed by atoms with E-state index >= 15 is 0 Å². The van der Waals surface area contributed by atoms with Gasteiger partial charge in [0.1, 0.15) is 5.82 Å². The molecule has 0 aliphatic carbocycles. The average molecular weight is 261 g/mol. The number of hydrogen-bond acceptors (Lipinski definition) is 3. The summed E-state index contributed by atoms with van der Waals surface area (Å²) in [5.41, 5.74) is 0.858. The van der Waals surface area contributed by atoms with Crippen molar-refractivity contribution in [3.05, 3.63) is 29.6 Å². The first kappa shape index (κ1) is 13.8. The zero-order valence-corrected chi connectivity index (χ0v) is 11.3. The van der Waals surface area contributed by atoms with E-state index in [1.165, 1.54) is 18.9 Å². The Bertz CT molecular complexity index is 459. The van der Waals surface area contributed by atoms with Crippen molar-refractivity contribution in [1.29, 1.82) is 5.26 Å². The number of hydrogen-bond donors (Lipinski definition) is 1. The Labute approximate surface area is 114 Å². The number of likely N-dealkylation sites (tertiary alicyclic amines) is 1. The zero-order chi connectivity index (χ0) is 13.7. The second-order valence-electron chi connectivity index (χ2n) is 5.06. The first-order chi connectivity index (χ1) is 9.22. The predicted octanol–water partition coefficient (Wildman–Crippen LogP) is 2.84. The minimum atomic E-state index is -0.343. The third kappa shape index (κ3) is 3.68. The van der Waals surface area contributed by atoms with E-state index in [1.807, 2.05) is 6.07 Å². The highest BCUT2D eigenvalue weighted by atomic mass is 19.1. The maximum Gasteiger partial charge on any atom is 0.147 e. The third-order valence-electron chi connectivity index (χ3n) is 3.83. The van der Waals surface area contributed by atoms with Gasteiger partial charge in [0.2, 0.25) is 0 Å². The van der Waals surface area contributed by atoms with Crippen LogP contribution >= 0.6 is 0 Å². The Kier molecular flexibility index (Phi) is 4.75. The minimum Gasteiger partial charge on any atom is -0.382 e. The molecule has 102 valence electrons. The van der Waals surface area contributed by atoms with E-state index in [0.29, 0.717) is 17.2 Å². The molecule has 4 heteroatoms. The van der Waals surface area contributed by atoms with Crippen LogP contribution in [0.2, 0.25) is 0 Å². The highest BCUT2D eigenvalue weighted by molar-refractivity contribution is 5.48. The number of halogens is 1. The molecule has 19 heavy (non-hydrogen) atoms. The van der Waals surface area contributed by atoms with E-state index in [-0.39, 0.29) is 5.82 Å². The number of anilines is 1. The molecule has 1 fully saturated rings. The number of rotatable bonds is 4. The molecule has 2 rings (SSSR count). The molecule has 0 radical (unpaired) electrons. The topological polar surface area (TPSA) is 39.1 Å². The van der Waals surface area contributed by atoms with Crippen LogP contribution in [0.25, 0.3) is 0 Å². The Morgan fingerprint density at radius 3 is 2.74 bits per heavy atom. The molecule has 0 saturated carbocycles. The monoisotopic (exact) mass is 261 g/mol. The van der Waals surface area contributed by atoms with E-state index in [2.05, 4.69) is 17.1 Å². The van der Waals surface area contributed by atoms with Gasteiger partial charge in [-0.05, 0) is 56.6 Å². The van der Waals surface area contributed by atoms with E-state index in [1.54, 1.807) is 12.1 Å². The molecule has 1 aromatic rings. The van der Waals surface area contributed by atoms with Crippen molar-refractivity contribution in [1.82, 2.24) is 4.90 Å². The summed E-state index contributed by atoms with van der Waals surface area (Å²) in [5, 5.41) is 11.9. The van der Waals surface area contributed by atoms with Crippen LogP contribution in [0, 0.1) is 23.1 Å². The van der Waals surface area contributed by atoms with E-state index in [4.69, 9.17) is 5.26 Å². The lowest BCUT2D eigenvalue weighted by Crippen LogP contribution is -2.35. The van der Waals surface area contributed by atoms with Gasteiger partial charge in [-0.15, -0.1) is 0 Å². The fourth-order valence-corrected chi connectivity index (χ4v) is 2.49. The molecule has 1 heterocycles. The maximum atomic E-state index is 13.7. The number of nitrogens with zero attached hydrogens (tertiary/aromatic N) is 2. The molecule has 0 unspecified atom stereocenters. The second-order valence-corrected chi connectivity index (χ2v) is 5.06. The van der Waals surface area contributed by atoms with Gasteiger partial charge in [-0.1, -0.05) is 6.92 Å². The average Bonchev–Trinajstić information content (AvgIpc) is 2.46. The van der Waals surface area contributed by atoms with Crippen molar-refractivity contribution in [2.75, 3.05) is 31.5 Å². The van der Waals surface area contributed by atoms with Crippen LogP contribution < -0.4 is 5.32 Å². The molecule has 0 bridgehead atoms. The Morgan fingerprint density at radius 2 is 2.16 bits per heavy atom. The number of benzene rings is 1. The summed E-state index contributed by atoms with van der Waals surface area (Å²) < 4.78 is 13.7. The SMILES string of the molecule is CCN1CCC(CNc2ccc(C#N)cc2F)CC1. The molecular weight excluding hydrogens is 241 g/mol. The Hall–Kier alpha value is -1.60. The normalized spacial score (nSPS) is 17.1. The van der Waals surface area contributed by atoms with Crippen molar-refractivity contribution >= 4 is 5.69 Å². The van der Waals surface area contributed by atoms with Crippen molar-refractivity contribution < 1.29 is 4.39 Å². The number of piperidine rings is 1. The summed E-state index contributed by atoms with van der Waals surface area (Å²) >= 11 is 0. The molecule has 0 aromatic heterocycles. The smallest absolute Gasteiger partial charge is 0.147 e. The van der Waals surface area contributed by atoms with Crippen LogP contribution in [0.1, 0.15) is 25.3 Å². The fourth-order valence-electron chi connectivity index (χ4n) is 2.49. The molecule has 1 N–H and O–H groups in total. The van der Waals surface area contributed by atoms with Gasteiger partial charge < -0.3 is 10.2 Å². The van der Waals surface area contributed by atoms with Crippen LogP contribution in [-0.2, 0) is 0 Å². The summed E-state index contributed by atoms with van der Waals surface area (Å²) in [6.07, 6.45) is 2.33. The minimum absolute atomic E-state index is 0.343. The van der Waals surface area contributed by atoms with Gasteiger partial charge in [-0.3, -0.25) is 0 Å². The summed E-state index contributed by atoms with van der Waals surface area (Å²) in [5.74, 6) is 0.267. The van der Waals surface area contributed by atoms with Crippen LogP contribution in [0.15, 0.2) is 18.2 Å². The van der Waals surface area contributed by atoms with E-state index in [0.717, 1.165) is 26.2 Å². The summed E-state index contributed by atoms with van der Waals surface area (Å²) in [6, 6.07) is 6.51. The van der Waals surface area contributed by atoms with Gasteiger partial charge >= 0.3 is 0 Å². The van der Waals surface area contributed by atoms with Gasteiger partial charge in [-0.2, -0.15) is 5.26 Å². The molecule has 1 aliphatic heterocycles. The van der Waals surface area contributed by atoms with E-state index in [9.17, 15) is 4.39 Å². The fraction of sp³-hybridized carbons (Fsp3) is 0.533. The highest BCUT2D eigenvalue weighted by Crippen LogP contribution is 2.20. The predicted molar refractivity (Wildman–Crippen MR) is 74.4 cm³/mol. The third-order valence-corrected chi connectivity index (χ3v) is 3.83. The van der Waals surface area contributed by atoms with Gasteiger partial charge in [0.15, 0.2) is 0 Å². The lowest BCUT2D eigenvalue weighted by atomic mass is 9.97. The lowest BCUT2D eigenvalue weighted by Gasteiger charge is -2.31. The van der Waals surface area contributed by atoms with Crippen molar-refractivity contribution in [3.63, 3.8) is 0 Å². The molecule has 0 spiro atoms. The maximum absolute atomic E-state index is 13.7. The van der Waals surface area contributed by atoms with Crippen LogP contribution in [-0.4, -0.2) is 31.1 Å². The zero-order valence-electron chi connectivity index (χ0n) is 11.3. The first-order valence-electron chi connectivity index (χ1n) is 6.88. The standard InChI is InChI=1S/C15H20FN3/c1-2-19-7-5-12(6-8-19)11-18-15-4-3-13(10-17)9-14(15)16/h3-4,9,12,18H,2,5-8,11H2,1H3. The summed E-state index contributed by atoms with van der Waals surface area (Å²) in [7, 11) is 0. The van der Waals surface area contributed by atoms with Gasteiger partial charge in [-0.25, -0.2) is 4.39 Å². The largest absolute Gasteiger partial charge is 0.382 e. The quantitative estimate of drug-likeness (QED) is 0.906. The highest BCUT2D eigenvalue weighted by Gasteiger charge is 2.18. The van der Waals surface area contributed by atoms with Crippen LogP contribution in [0.4, 0.5) is 10.1 Å². The molecule has 0 atom stereocenters. The van der Waals surface area contributed by atoms with Crippen molar-refractivity contribution in [2.45, 2.75) is 19.8 Å². The number of nitrogens with one attached hydrogen (secondary N) is 1. The van der Waals surface area contributed by atoms with Crippen LogP contribution in [0.3, 0.4) is 0 Å². The molecule has 1 saturated heterocycles.